The van der Waals surface area contributed by atoms with Gasteiger partial charge in [0.2, 0.25) is 5.13 Å². The van der Waals surface area contributed by atoms with E-state index in [2.05, 4.69) is 20.5 Å². The van der Waals surface area contributed by atoms with Crippen LogP contribution in [0.15, 0.2) is 24.4 Å². The first-order chi connectivity index (χ1) is 8.70. The average Bonchev–Trinajstić information content (AvgIpc) is 2.87. The molecule has 0 bridgehead atoms. The van der Waals surface area contributed by atoms with E-state index in [0.717, 1.165) is 5.69 Å². The van der Waals surface area contributed by atoms with Crippen LogP contribution in [0.25, 0.3) is 10.7 Å². The third-order valence-electron chi connectivity index (χ3n) is 2.34. The van der Waals surface area contributed by atoms with Gasteiger partial charge in [0.25, 0.3) is 0 Å². The molecule has 1 N–H and O–H groups in total. The molecule has 0 radical (unpaired) electrons. The molecule has 0 saturated heterocycles. The maximum Gasteiger partial charge on any atom is 0.323 e. The highest BCUT2D eigenvalue weighted by molar-refractivity contribution is 7.18. The van der Waals surface area contributed by atoms with Crippen LogP contribution in [0.5, 0.6) is 0 Å². The predicted octanol–water partition coefficient (Wildman–Crippen LogP) is 2.08. The van der Waals surface area contributed by atoms with Crippen LogP contribution in [0.3, 0.4) is 0 Å². The molecule has 0 saturated carbocycles. The summed E-state index contributed by atoms with van der Waals surface area (Å²) >= 11 is 1.30. The van der Waals surface area contributed by atoms with Crippen molar-refractivity contribution in [1.82, 2.24) is 20.1 Å². The zero-order chi connectivity index (χ0) is 13.0. The lowest BCUT2D eigenvalue weighted by atomic mass is 10.4. The number of amides is 2. The fourth-order valence-electron chi connectivity index (χ4n) is 1.20. The van der Waals surface area contributed by atoms with Crippen LogP contribution in [0.2, 0.25) is 0 Å². The van der Waals surface area contributed by atoms with E-state index in [9.17, 15) is 4.79 Å². The average molecular weight is 263 g/mol. The molecule has 2 amide bonds. The van der Waals surface area contributed by atoms with Gasteiger partial charge in [-0.05, 0) is 19.1 Å². The summed E-state index contributed by atoms with van der Waals surface area (Å²) in [6, 6.07) is 5.38. The second kappa shape index (κ2) is 5.54. The van der Waals surface area contributed by atoms with Crippen LogP contribution in [0.4, 0.5) is 9.93 Å². The van der Waals surface area contributed by atoms with Gasteiger partial charge in [-0.2, -0.15) is 0 Å². The molecule has 7 heteroatoms. The van der Waals surface area contributed by atoms with E-state index in [1.807, 2.05) is 25.1 Å². The number of carbonyl (C=O) groups excluding carboxylic acids is 1. The highest BCUT2D eigenvalue weighted by Gasteiger charge is 2.11. The summed E-state index contributed by atoms with van der Waals surface area (Å²) in [5, 5.41) is 11.8. The number of anilines is 1. The normalized spacial score (nSPS) is 10.1. The molecular formula is C11H13N5OS. The second-order valence-corrected chi connectivity index (χ2v) is 4.55. The van der Waals surface area contributed by atoms with Crippen molar-refractivity contribution >= 4 is 22.5 Å². The molecular weight excluding hydrogens is 250 g/mol. The number of aromatic nitrogens is 3. The lowest BCUT2D eigenvalue weighted by Crippen LogP contribution is -2.30. The summed E-state index contributed by atoms with van der Waals surface area (Å²) in [6.45, 7) is 2.54. The van der Waals surface area contributed by atoms with Gasteiger partial charge in [-0.25, -0.2) is 4.79 Å². The first-order valence-electron chi connectivity index (χ1n) is 5.47. The van der Waals surface area contributed by atoms with Crippen molar-refractivity contribution in [2.45, 2.75) is 6.92 Å². The van der Waals surface area contributed by atoms with Gasteiger partial charge in [-0.1, -0.05) is 17.4 Å². The number of carbonyl (C=O) groups is 1. The molecule has 0 aliphatic heterocycles. The third kappa shape index (κ3) is 2.80. The van der Waals surface area contributed by atoms with Gasteiger partial charge in [0, 0.05) is 19.8 Å². The Labute approximate surface area is 109 Å². The van der Waals surface area contributed by atoms with Crippen molar-refractivity contribution in [3.05, 3.63) is 24.4 Å². The number of urea groups is 1. The Morgan fingerprint density at radius 3 is 2.94 bits per heavy atom. The van der Waals surface area contributed by atoms with E-state index >= 15 is 0 Å². The fourth-order valence-corrected chi connectivity index (χ4v) is 1.91. The summed E-state index contributed by atoms with van der Waals surface area (Å²) < 4.78 is 0. The molecule has 0 spiro atoms. The molecule has 2 aromatic rings. The van der Waals surface area contributed by atoms with Gasteiger partial charge in [0.1, 0.15) is 5.69 Å². The maximum absolute atomic E-state index is 11.6. The molecule has 0 unspecified atom stereocenters. The molecule has 0 aromatic carbocycles. The van der Waals surface area contributed by atoms with Gasteiger partial charge in [-0.15, -0.1) is 10.2 Å². The molecule has 2 rings (SSSR count). The number of hydrogen-bond acceptors (Lipinski definition) is 5. The number of pyridine rings is 1. The minimum atomic E-state index is -0.193. The summed E-state index contributed by atoms with van der Waals surface area (Å²) in [4.78, 5) is 17.4. The Kier molecular flexibility index (Phi) is 3.83. The van der Waals surface area contributed by atoms with Crippen LogP contribution >= 0.6 is 11.3 Å². The van der Waals surface area contributed by atoms with Crippen molar-refractivity contribution in [3.63, 3.8) is 0 Å². The highest BCUT2D eigenvalue weighted by Crippen LogP contribution is 2.24. The smallest absolute Gasteiger partial charge is 0.323 e. The second-order valence-electron chi connectivity index (χ2n) is 3.57. The molecule has 2 heterocycles. The van der Waals surface area contributed by atoms with E-state index in [0.29, 0.717) is 16.7 Å². The zero-order valence-corrected chi connectivity index (χ0v) is 10.9. The topological polar surface area (TPSA) is 71.0 Å². The van der Waals surface area contributed by atoms with Crippen LogP contribution < -0.4 is 5.32 Å². The summed E-state index contributed by atoms with van der Waals surface area (Å²) in [7, 11) is 1.72. The molecule has 0 fully saturated rings. The Morgan fingerprint density at radius 1 is 1.44 bits per heavy atom. The predicted molar refractivity (Wildman–Crippen MR) is 70.5 cm³/mol. The van der Waals surface area contributed by atoms with Crippen LogP contribution in [-0.4, -0.2) is 39.7 Å². The quantitative estimate of drug-likeness (QED) is 0.920. The first-order valence-corrected chi connectivity index (χ1v) is 6.29. The summed E-state index contributed by atoms with van der Waals surface area (Å²) in [5.74, 6) is 0. The van der Waals surface area contributed by atoms with Crippen molar-refractivity contribution in [2.24, 2.45) is 0 Å². The van der Waals surface area contributed by atoms with Gasteiger partial charge in [0.15, 0.2) is 5.01 Å². The number of hydrogen-bond donors (Lipinski definition) is 1. The molecule has 2 aromatic heterocycles. The molecule has 0 aliphatic carbocycles. The van der Waals surface area contributed by atoms with Crippen LogP contribution in [0, 0.1) is 0 Å². The van der Waals surface area contributed by atoms with Crippen molar-refractivity contribution in [2.75, 3.05) is 18.9 Å². The van der Waals surface area contributed by atoms with Gasteiger partial charge < -0.3 is 4.90 Å². The summed E-state index contributed by atoms with van der Waals surface area (Å²) in [5.41, 5.74) is 0.749. The number of nitrogens with one attached hydrogen (secondary N) is 1. The Balaban J connectivity index is 2.10. The van der Waals surface area contributed by atoms with E-state index in [1.54, 1.807) is 18.1 Å². The fraction of sp³-hybridized carbons (Fsp3) is 0.273. The molecule has 94 valence electrons. The first kappa shape index (κ1) is 12.4. The Hall–Kier alpha value is -2.02. The monoisotopic (exact) mass is 263 g/mol. The van der Waals surface area contributed by atoms with Gasteiger partial charge in [0.05, 0.1) is 0 Å². The maximum atomic E-state index is 11.6. The van der Waals surface area contributed by atoms with Crippen LogP contribution in [0.1, 0.15) is 6.92 Å². The Morgan fingerprint density at radius 2 is 2.28 bits per heavy atom. The number of rotatable bonds is 3. The van der Waals surface area contributed by atoms with Crippen molar-refractivity contribution in [3.8, 4) is 10.7 Å². The highest BCUT2D eigenvalue weighted by atomic mass is 32.1. The molecule has 0 aliphatic rings. The summed E-state index contributed by atoms with van der Waals surface area (Å²) in [6.07, 6.45) is 1.69. The number of nitrogens with zero attached hydrogens (tertiary/aromatic N) is 4. The van der Waals surface area contributed by atoms with E-state index in [1.165, 1.54) is 11.3 Å². The minimum Gasteiger partial charge on any atom is -0.328 e. The van der Waals surface area contributed by atoms with Crippen molar-refractivity contribution < 1.29 is 4.79 Å². The molecule has 18 heavy (non-hydrogen) atoms. The van der Waals surface area contributed by atoms with Gasteiger partial charge >= 0.3 is 6.03 Å². The van der Waals surface area contributed by atoms with Crippen molar-refractivity contribution in [1.29, 1.82) is 0 Å². The standard InChI is InChI=1S/C11H13N5OS/c1-3-16(2)11(17)13-10-15-14-9(18-10)8-6-4-5-7-12-8/h4-7H,3H2,1-2H3,(H,13,15,17). The molecule has 6 nitrogen and oxygen atoms in total. The van der Waals surface area contributed by atoms with Crippen LogP contribution in [-0.2, 0) is 0 Å². The zero-order valence-electron chi connectivity index (χ0n) is 10.1. The van der Waals surface area contributed by atoms with E-state index in [4.69, 9.17) is 0 Å². The Bertz CT molecular complexity index is 527. The third-order valence-corrected chi connectivity index (χ3v) is 3.21. The van der Waals surface area contributed by atoms with Gasteiger partial charge in [-0.3, -0.25) is 10.3 Å². The minimum absolute atomic E-state index is 0.193. The molecule has 0 atom stereocenters. The SMILES string of the molecule is CCN(C)C(=O)Nc1nnc(-c2ccccn2)s1. The lowest BCUT2D eigenvalue weighted by molar-refractivity contribution is 0.224. The van der Waals surface area contributed by atoms with E-state index < -0.39 is 0 Å². The van der Waals surface area contributed by atoms with E-state index in [-0.39, 0.29) is 6.03 Å². The largest absolute Gasteiger partial charge is 0.328 e. The lowest BCUT2D eigenvalue weighted by Gasteiger charge is -2.13.